The zero-order chi connectivity index (χ0) is 14.5. The third-order valence-electron chi connectivity index (χ3n) is 3.03. The van der Waals surface area contributed by atoms with Crippen LogP contribution in [-0.2, 0) is 12.2 Å². The van der Waals surface area contributed by atoms with Crippen LogP contribution < -0.4 is 5.32 Å². The van der Waals surface area contributed by atoms with Gasteiger partial charge in [-0.1, -0.05) is 13.0 Å². The molecule has 1 aromatic carbocycles. The summed E-state index contributed by atoms with van der Waals surface area (Å²) in [4.78, 5) is 9.96. The van der Waals surface area contributed by atoms with Crippen molar-refractivity contribution < 1.29 is 4.39 Å². The number of halogens is 1. The Balaban J connectivity index is 2.17. The summed E-state index contributed by atoms with van der Waals surface area (Å²) in [6.07, 6.45) is 0.876. The lowest BCUT2D eigenvalue weighted by molar-refractivity contribution is 0.624. The molecule has 0 radical (unpaired) electrons. The van der Waals surface area contributed by atoms with Gasteiger partial charge in [-0.25, -0.2) is 14.4 Å². The average Bonchev–Trinajstić information content (AvgIpc) is 2.46. The number of hydrogen-bond acceptors (Lipinski definition) is 4. The van der Waals surface area contributed by atoms with Crippen LogP contribution in [0.25, 0.3) is 0 Å². The molecule has 1 N–H and O–H groups in total. The van der Waals surface area contributed by atoms with E-state index in [4.69, 9.17) is 0 Å². The van der Waals surface area contributed by atoms with Crippen LogP contribution in [0.3, 0.4) is 0 Å². The number of hydrogen-bond donors (Lipinski definition) is 1. The average molecular weight is 291 g/mol. The van der Waals surface area contributed by atoms with Crippen molar-refractivity contribution in [1.82, 2.24) is 9.97 Å². The van der Waals surface area contributed by atoms with E-state index in [2.05, 4.69) is 22.2 Å². The molecule has 20 heavy (non-hydrogen) atoms. The Morgan fingerprint density at radius 2 is 2.10 bits per heavy atom. The Bertz CT molecular complexity index is 576. The van der Waals surface area contributed by atoms with Crippen molar-refractivity contribution in [2.45, 2.75) is 30.9 Å². The van der Waals surface area contributed by atoms with Crippen LogP contribution >= 0.6 is 11.8 Å². The quantitative estimate of drug-likeness (QED) is 0.850. The van der Waals surface area contributed by atoms with Gasteiger partial charge in [-0.2, -0.15) is 0 Å². The van der Waals surface area contributed by atoms with Crippen LogP contribution in [0.4, 0.5) is 10.2 Å². The van der Waals surface area contributed by atoms with E-state index >= 15 is 0 Å². The summed E-state index contributed by atoms with van der Waals surface area (Å²) < 4.78 is 13.1. The fourth-order valence-electron chi connectivity index (χ4n) is 1.97. The number of aryl methyl sites for hydroxylation is 1. The van der Waals surface area contributed by atoms with Crippen molar-refractivity contribution in [3.63, 3.8) is 0 Å². The third kappa shape index (κ3) is 3.48. The summed E-state index contributed by atoms with van der Waals surface area (Å²) in [5, 5.41) is 3.10. The predicted molar refractivity (Wildman–Crippen MR) is 81.7 cm³/mol. The molecule has 0 bridgehead atoms. The first-order chi connectivity index (χ1) is 9.63. The molecule has 0 saturated heterocycles. The maximum absolute atomic E-state index is 13.1. The van der Waals surface area contributed by atoms with Gasteiger partial charge >= 0.3 is 0 Å². The summed E-state index contributed by atoms with van der Waals surface area (Å²) in [6, 6.07) is 6.57. The molecular weight excluding hydrogens is 273 g/mol. The van der Waals surface area contributed by atoms with E-state index in [1.807, 2.05) is 20.0 Å². The lowest BCUT2D eigenvalue weighted by Gasteiger charge is -2.11. The number of aromatic nitrogens is 2. The topological polar surface area (TPSA) is 37.8 Å². The number of anilines is 1. The van der Waals surface area contributed by atoms with Crippen LogP contribution in [-0.4, -0.2) is 17.0 Å². The fourth-order valence-corrected chi connectivity index (χ4v) is 2.77. The first-order valence-corrected chi connectivity index (χ1v) is 7.55. The van der Waals surface area contributed by atoms with Crippen LogP contribution in [0, 0.1) is 12.7 Å². The van der Waals surface area contributed by atoms with E-state index in [0.717, 1.165) is 34.2 Å². The maximum Gasteiger partial charge on any atom is 0.141 e. The second-order valence-electron chi connectivity index (χ2n) is 4.41. The van der Waals surface area contributed by atoms with Crippen LogP contribution in [0.5, 0.6) is 0 Å². The highest BCUT2D eigenvalue weighted by atomic mass is 32.2. The first-order valence-electron chi connectivity index (χ1n) is 6.56. The molecule has 0 fully saturated rings. The summed E-state index contributed by atoms with van der Waals surface area (Å²) >= 11 is 1.54. The van der Waals surface area contributed by atoms with Gasteiger partial charge in [-0.3, -0.25) is 0 Å². The van der Waals surface area contributed by atoms with Gasteiger partial charge in [-0.05, 0) is 31.5 Å². The lowest BCUT2D eigenvalue weighted by Crippen LogP contribution is -2.06. The fraction of sp³-hybridized carbons (Fsp3) is 0.333. The van der Waals surface area contributed by atoms with Crippen molar-refractivity contribution in [3.05, 3.63) is 47.2 Å². The minimum absolute atomic E-state index is 0.218. The summed E-state index contributed by atoms with van der Waals surface area (Å²) in [6.45, 7) is 4.10. The molecular formula is C15H18FN3S. The molecule has 3 nitrogen and oxygen atoms in total. The van der Waals surface area contributed by atoms with Crippen molar-refractivity contribution in [1.29, 1.82) is 0 Å². The van der Waals surface area contributed by atoms with E-state index in [0.29, 0.717) is 5.75 Å². The van der Waals surface area contributed by atoms with Crippen LogP contribution in [0.1, 0.15) is 24.0 Å². The molecule has 106 valence electrons. The van der Waals surface area contributed by atoms with Crippen LogP contribution in [0.2, 0.25) is 0 Å². The number of nitrogens with one attached hydrogen (secondary N) is 1. The molecule has 0 atom stereocenters. The number of nitrogens with zero attached hydrogens (tertiary/aromatic N) is 2. The van der Waals surface area contributed by atoms with E-state index in [-0.39, 0.29) is 5.82 Å². The molecule has 1 heterocycles. The number of benzene rings is 1. The molecule has 2 rings (SSSR count). The summed E-state index contributed by atoms with van der Waals surface area (Å²) in [5.74, 6) is 2.05. The molecule has 0 aliphatic rings. The van der Waals surface area contributed by atoms with Crippen molar-refractivity contribution in [2.75, 3.05) is 12.4 Å². The molecule has 2 aromatic rings. The van der Waals surface area contributed by atoms with Gasteiger partial charge in [0.2, 0.25) is 0 Å². The number of rotatable bonds is 5. The van der Waals surface area contributed by atoms with Gasteiger partial charge in [0.05, 0.1) is 5.75 Å². The van der Waals surface area contributed by atoms with Gasteiger partial charge < -0.3 is 5.32 Å². The minimum Gasteiger partial charge on any atom is -0.373 e. The van der Waals surface area contributed by atoms with Gasteiger partial charge in [0.15, 0.2) is 0 Å². The Hall–Kier alpha value is -1.62. The predicted octanol–water partition coefficient (Wildman–Crippen LogP) is 3.82. The highest BCUT2D eigenvalue weighted by Gasteiger charge is 2.09. The molecule has 5 heteroatoms. The smallest absolute Gasteiger partial charge is 0.141 e. The van der Waals surface area contributed by atoms with Gasteiger partial charge in [-0.15, -0.1) is 11.8 Å². The largest absolute Gasteiger partial charge is 0.373 e. The molecule has 0 aliphatic carbocycles. The molecule has 0 spiro atoms. The van der Waals surface area contributed by atoms with Gasteiger partial charge in [0, 0.05) is 23.2 Å². The highest BCUT2D eigenvalue weighted by Crippen LogP contribution is 2.24. The second-order valence-corrected chi connectivity index (χ2v) is 5.46. The zero-order valence-electron chi connectivity index (χ0n) is 11.9. The normalized spacial score (nSPS) is 10.6. The van der Waals surface area contributed by atoms with Crippen molar-refractivity contribution in [3.8, 4) is 0 Å². The van der Waals surface area contributed by atoms with Crippen molar-refractivity contribution >= 4 is 17.6 Å². The van der Waals surface area contributed by atoms with E-state index in [9.17, 15) is 4.39 Å². The molecule has 0 aliphatic heterocycles. The molecule has 0 amide bonds. The van der Waals surface area contributed by atoms with E-state index in [1.54, 1.807) is 6.07 Å². The minimum atomic E-state index is -0.218. The summed E-state index contributed by atoms with van der Waals surface area (Å²) in [5.41, 5.74) is 2.15. The number of thioether (sulfide) groups is 1. The maximum atomic E-state index is 13.1. The Labute approximate surface area is 123 Å². The third-order valence-corrected chi connectivity index (χ3v) is 4.02. The Kier molecular flexibility index (Phi) is 4.95. The van der Waals surface area contributed by atoms with E-state index < -0.39 is 0 Å². The van der Waals surface area contributed by atoms with Crippen LogP contribution in [0.15, 0.2) is 29.2 Å². The first kappa shape index (κ1) is 14.8. The molecule has 0 saturated carbocycles. The van der Waals surface area contributed by atoms with Crippen molar-refractivity contribution in [2.24, 2.45) is 0 Å². The summed E-state index contributed by atoms with van der Waals surface area (Å²) in [7, 11) is 1.86. The Morgan fingerprint density at radius 1 is 1.30 bits per heavy atom. The van der Waals surface area contributed by atoms with Gasteiger partial charge in [0.25, 0.3) is 0 Å². The van der Waals surface area contributed by atoms with Gasteiger partial charge in [0.1, 0.15) is 17.5 Å². The Morgan fingerprint density at radius 3 is 2.75 bits per heavy atom. The van der Waals surface area contributed by atoms with E-state index in [1.165, 1.54) is 23.9 Å². The zero-order valence-corrected chi connectivity index (χ0v) is 12.7. The molecule has 0 unspecified atom stereocenters. The highest BCUT2D eigenvalue weighted by molar-refractivity contribution is 7.98. The lowest BCUT2D eigenvalue weighted by atomic mass is 10.2. The monoisotopic (exact) mass is 291 g/mol. The standard InChI is InChI=1S/C15H18FN3S/c1-4-13-10(2)15(17-3)19-14(18-13)9-20-12-7-5-6-11(16)8-12/h5-8H,4,9H2,1-3H3,(H,17,18,19). The second kappa shape index (κ2) is 6.70. The SMILES string of the molecule is CCc1nc(CSc2cccc(F)c2)nc(NC)c1C. The molecule has 1 aromatic heterocycles.